The van der Waals surface area contributed by atoms with Crippen molar-refractivity contribution >= 4 is 32.8 Å². The Hall–Kier alpha value is -1.83. The molecule has 7 heteroatoms. The monoisotopic (exact) mass is 469 g/mol. The molecule has 0 amide bonds. The largest absolute Gasteiger partial charge is 0.316 e. The number of nitrogens with zero attached hydrogens (tertiary/aromatic N) is 3. The fourth-order valence-corrected chi connectivity index (χ4v) is 7.73. The molecule has 170 valence electrons. The van der Waals surface area contributed by atoms with Crippen LogP contribution in [0, 0.1) is 5.92 Å². The highest BCUT2D eigenvalue weighted by Gasteiger charge is 2.30. The first kappa shape index (κ1) is 22.0. The lowest BCUT2D eigenvalue weighted by Crippen LogP contribution is -2.39. The van der Waals surface area contributed by atoms with E-state index < -0.39 is 10.0 Å². The van der Waals surface area contributed by atoms with E-state index in [1.54, 1.807) is 28.2 Å². The number of benzene rings is 2. The number of sulfonamides is 1. The molecule has 1 aliphatic heterocycles. The van der Waals surface area contributed by atoms with Gasteiger partial charge in [0, 0.05) is 24.9 Å². The summed E-state index contributed by atoms with van der Waals surface area (Å²) in [5.41, 5.74) is 3.11. The van der Waals surface area contributed by atoms with Gasteiger partial charge in [0.05, 0.1) is 15.9 Å². The van der Waals surface area contributed by atoms with E-state index >= 15 is 0 Å². The van der Waals surface area contributed by atoms with Gasteiger partial charge in [0.15, 0.2) is 5.16 Å². The molecular weight excluding hydrogens is 438 g/mol. The number of piperidine rings is 1. The van der Waals surface area contributed by atoms with Crippen molar-refractivity contribution in [2.75, 3.05) is 13.1 Å². The Morgan fingerprint density at radius 1 is 1.03 bits per heavy atom. The van der Waals surface area contributed by atoms with Crippen LogP contribution in [-0.2, 0) is 15.8 Å². The maximum absolute atomic E-state index is 13.3. The maximum atomic E-state index is 13.3. The van der Waals surface area contributed by atoms with Crippen molar-refractivity contribution in [2.45, 2.75) is 67.3 Å². The van der Waals surface area contributed by atoms with Crippen LogP contribution in [0.3, 0.4) is 0 Å². The summed E-state index contributed by atoms with van der Waals surface area (Å²) in [5.74, 6) is 1.26. The molecule has 0 unspecified atom stereocenters. The van der Waals surface area contributed by atoms with E-state index in [0.717, 1.165) is 47.6 Å². The van der Waals surface area contributed by atoms with Gasteiger partial charge >= 0.3 is 0 Å². The maximum Gasteiger partial charge on any atom is 0.243 e. The molecule has 1 atom stereocenters. The molecule has 5 nitrogen and oxygen atoms in total. The molecule has 0 bridgehead atoms. The normalized spacial score (nSPS) is 20.8. The topological polar surface area (TPSA) is 55.2 Å². The highest BCUT2D eigenvalue weighted by molar-refractivity contribution is 7.98. The van der Waals surface area contributed by atoms with Gasteiger partial charge in [0.25, 0.3) is 0 Å². The minimum absolute atomic E-state index is 0.370. The highest BCUT2D eigenvalue weighted by atomic mass is 32.2. The summed E-state index contributed by atoms with van der Waals surface area (Å²) < 4.78 is 30.7. The second-order valence-electron chi connectivity index (χ2n) is 9.24. The third-order valence-corrected chi connectivity index (χ3v) is 9.67. The van der Waals surface area contributed by atoms with Crippen LogP contribution in [0.1, 0.15) is 57.1 Å². The van der Waals surface area contributed by atoms with Gasteiger partial charge in [0.2, 0.25) is 10.0 Å². The summed E-state index contributed by atoms with van der Waals surface area (Å²) in [5, 5.41) is 0.997. The van der Waals surface area contributed by atoms with Crippen molar-refractivity contribution in [1.29, 1.82) is 0 Å². The van der Waals surface area contributed by atoms with Crippen LogP contribution in [0.2, 0.25) is 0 Å². The Balaban J connectivity index is 1.50. The first-order valence-corrected chi connectivity index (χ1v) is 14.1. The molecule has 0 spiro atoms. The van der Waals surface area contributed by atoms with Crippen LogP contribution in [0.15, 0.2) is 58.6 Å². The van der Waals surface area contributed by atoms with Gasteiger partial charge in [-0.1, -0.05) is 61.9 Å². The van der Waals surface area contributed by atoms with Gasteiger partial charge in [-0.25, -0.2) is 13.4 Å². The van der Waals surface area contributed by atoms with E-state index in [4.69, 9.17) is 4.98 Å². The minimum Gasteiger partial charge on any atom is -0.316 e. The van der Waals surface area contributed by atoms with Crippen LogP contribution in [-0.4, -0.2) is 35.4 Å². The molecule has 2 heterocycles. The number of imidazole rings is 1. The molecule has 1 aliphatic carbocycles. The van der Waals surface area contributed by atoms with Gasteiger partial charge in [0.1, 0.15) is 0 Å². The lowest BCUT2D eigenvalue weighted by Gasteiger charge is -2.30. The lowest BCUT2D eigenvalue weighted by atomic mass is 10.0. The number of aromatic nitrogens is 2. The van der Waals surface area contributed by atoms with Crippen LogP contribution >= 0.6 is 11.8 Å². The molecule has 3 aromatic rings. The SMILES string of the molecule is C[C@H]1CCCN(S(=O)(=O)c2ccc3c(c2)nc(SCc2ccccc2)n3C2CCCC2)C1. The second kappa shape index (κ2) is 9.20. The highest BCUT2D eigenvalue weighted by Crippen LogP contribution is 2.38. The summed E-state index contributed by atoms with van der Waals surface area (Å²) in [4.78, 5) is 5.32. The predicted octanol–water partition coefficient (Wildman–Crippen LogP) is 5.86. The average molecular weight is 470 g/mol. The van der Waals surface area contributed by atoms with E-state index in [-0.39, 0.29) is 0 Å². The first-order valence-electron chi connectivity index (χ1n) is 11.7. The van der Waals surface area contributed by atoms with Crippen LogP contribution in [0.25, 0.3) is 11.0 Å². The zero-order valence-electron chi connectivity index (χ0n) is 18.6. The Morgan fingerprint density at radius 2 is 1.81 bits per heavy atom. The van der Waals surface area contributed by atoms with Crippen molar-refractivity contribution in [3.63, 3.8) is 0 Å². The van der Waals surface area contributed by atoms with Crippen LogP contribution in [0.4, 0.5) is 0 Å². The average Bonchev–Trinajstić information content (AvgIpc) is 3.45. The Bertz CT molecular complexity index is 1180. The van der Waals surface area contributed by atoms with Crippen molar-refractivity contribution in [3.8, 4) is 0 Å². The Morgan fingerprint density at radius 3 is 2.56 bits per heavy atom. The molecule has 2 aliphatic rings. The van der Waals surface area contributed by atoms with E-state index in [1.807, 2.05) is 12.1 Å². The number of thioether (sulfide) groups is 1. The number of hydrogen-bond acceptors (Lipinski definition) is 4. The molecule has 5 rings (SSSR count). The molecule has 1 saturated heterocycles. The van der Waals surface area contributed by atoms with E-state index in [2.05, 4.69) is 35.8 Å². The fraction of sp³-hybridized carbons (Fsp3) is 0.480. The molecular formula is C25H31N3O2S2. The minimum atomic E-state index is -3.49. The van der Waals surface area contributed by atoms with Gasteiger partial charge in [-0.05, 0) is 55.4 Å². The zero-order valence-corrected chi connectivity index (χ0v) is 20.2. The molecule has 2 aromatic carbocycles. The molecule has 1 saturated carbocycles. The molecule has 0 N–H and O–H groups in total. The van der Waals surface area contributed by atoms with E-state index in [0.29, 0.717) is 29.9 Å². The third kappa shape index (κ3) is 4.35. The first-order chi connectivity index (χ1) is 15.5. The summed E-state index contributed by atoms with van der Waals surface area (Å²) >= 11 is 1.75. The van der Waals surface area contributed by atoms with Crippen molar-refractivity contribution in [2.24, 2.45) is 5.92 Å². The van der Waals surface area contributed by atoms with Gasteiger partial charge in [-0.3, -0.25) is 0 Å². The molecule has 1 aromatic heterocycles. The standard InChI is InChI=1S/C25H31N3O2S2/c1-19-8-7-15-27(17-19)32(29,30)22-13-14-24-23(16-22)26-25(28(24)21-11-5-6-12-21)31-18-20-9-3-2-4-10-20/h2-4,9-10,13-14,16,19,21H,5-8,11-12,15,17-18H2,1H3/t19-/m0/s1. The summed E-state index contributed by atoms with van der Waals surface area (Å²) in [6.07, 6.45) is 6.84. The zero-order chi connectivity index (χ0) is 22.1. The summed E-state index contributed by atoms with van der Waals surface area (Å²) in [6.45, 7) is 3.35. The number of fused-ring (bicyclic) bond motifs is 1. The summed E-state index contributed by atoms with van der Waals surface area (Å²) in [7, 11) is -3.49. The Labute approximate surface area is 195 Å². The van der Waals surface area contributed by atoms with Crippen LogP contribution < -0.4 is 0 Å². The van der Waals surface area contributed by atoms with E-state index in [1.165, 1.54) is 18.4 Å². The molecule has 2 fully saturated rings. The van der Waals surface area contributed by atoms with Crippen LogP contribution in [0.5, 0.6) is 0 Å². The van der Waals surface area contributed by atoms with E-state index in [9.17, 15) is 8.42 Å². The summed E-state index contributed by atoms with van der Waals surface area (Å²) in [6, 6.07) is 16.4. The second-order valence-corrected chi connectivity index (χ2v) is 12.1. The van der Waals surface area contributed by atoms with Crippen molar-refractivity contribution in [3.05, 3.63) is 54.1 Å². The predicted molar refractivity (Wildman–Crippen MR) is 130 cm³/mol. The van der Waals surface area contributed by atoms with Crippen molar-refractivity contribution < 1.29 is 8.42 Å². The van der Waals surface area contributed by atoms with Gasteiger partial charge < -0.3 is 4.57 Å². The number of hydrogen-bond donors (Lipinski definition) is 0. The van der Waals surface area contributed by atoms with Gasteiger partial charge in [-0.15, -0.1) is 0 Å². The number of rotatable bonds is 6. The lowest BCUT2D eigenvalue weighted by molar-refractivity contribution is 0.281. The molecule has 0 radical (unpaired) electrons. The van der Waals surface area contributed by atoms with Crippen molar-refractivity contribution in [1.82, 2.24) is 13.9 Å². The third-order valence-electron chi connectivity index (χ3n) is 6.79. The smallest absolute Gasteiger partial charge is 0.243 e. The fourth-order valence-electron chi connectivity index (χ4n) is 5.07. The quantitative estimate of drug-likeness (QED) is 0.424. The van der Waals surface area contributed by atoms with Gasteiger partial charge in [-0.2, -0.15) is 4.31 Å². The molecule has 32 heavy (non-hydrogen) atoms. The Kier molecular flexibility index (Phi) is 6.32.